The topological polar surface area (TPSA) is 214 Å². The molecule has 0 aliphatic heterocycles. The maximum absolute atomic E-state index is 12.7. The number of carbonyl (C=O) groups is 5. The lowest BCUT2D eigenvalue weighted by atomic mass is 10.1. The van der Waals surface area contributed by atoms with Gasteiger partial charge in [0.05, 0.1) is 18.8 Å². The maximum atomic E-state index is 12.7. The van der Waals surface area contributed by atoms with Crippen molar-refractivity contribution in [1.82, 2.24) is 16.0 Å². The Bertz CT molecular complexity index is 739. The molecule has 200 valence electrons. The second-order valence-electron chi connectivity index (χ2n) is 8.35. The summed E-state index contributed by atoms with van der Waals surface area (Å²) >= 11 is 0. The van der Waals surface area contributed by atoms with E-state index in [1.165, 1.54) is 6.92 Å². The van der Waals surface area contributed by atoms with Gasteiger partial charge in [-0.3, -0.25) is 14.6 Å². The van der Waals surface area contributed by atoms with Gasteiger partial charge in [-0.05, 0) is 39.5 Å². The first-order valence-corrected chi connectivity index (χ1v) is 11.2. The third-order valence-corrected chi connectivity index (χ3v) is 4.07. The van der Waals surface area contributed by atoms with Crippen molar-refractivity contribution in [2.24, 2.45) is 22.4 Å². The predicted octanol–water partition coefficient (Wildman–Crippen LogP) is -0.459. The molecule has 0 aliphatic carbocycles. The average molecular weight is 503 g/mol. The number of nitrogens with two attached hydrogens (primary N) is 2. The Kier molecular flexibility index (Phi) is 15.2. The molecule has 0 fully saturated rings. The van der Waals surface area contributed by atoms with Crippen LogP contribution < -0.4 is 27.4 Å². The first kappa shape index (κ1) is 31.4. The van der Waals surface area contributed by atoms with Crippen molar-refractivity contribution < 1.29 is 38.2 Å². The Morgan fingerprint density at radius 1 is 0.914 bits per heavy atom. The lowest BCUT2D eigenvalue weighted by Gasteiger charge is -2.22. The molecule has 0 aromatic carbocycles. The Balaban J connectivity index is 5.01. The van der Waals surface area contributed by atoms with Gasteiger partial charge in [-0.1, -0.05) is 13.8 Å². The highest BCUT2D eigenvalue weighted by Gasteiger charge is 2.27. The summed E-state index contributed by atoms with van der Waals surface area (Å²) < 4.78 is 14.7. The van der Waals surface area contributed by atoms with Crippen LogP contribution in [0.15, 0.2) is 4.99 Å². The summed E-state index contributed by atoms with van der Waals surface area (Å²) in [6.07, 6.45) is -1.10. The Morgan fingerprint density at radius 2 is 1.57 bits per heavy atom. The van der Waals surface area contributed by atoms with Gasteiger partial charge in [0.15, 0.2) is 5.96 Å². The van der Waals surface area contributed by atoms with E-state index in [-0.39, 0.29) is 31.4 Å². The molecule has 0 rings (SSSR count). The predicted molar refractivity (Wildman–Crippen MR) is 126 cm³/mol. The molecule has 3 atom stereocenters. The molecule has 3 amide bonds. The Morgan fingerprint density at radius 3 is 2.11 bits per heavy atom. The van der Waals surface area contributed by atoms with Crippen LogP contribution in [0.2, 0.25) is 0 Å². The summed E-state index contributed by atoms with van der Waals surface area (Å²) in [5.41, 5.74) is 10.5. The van der Waals surface area contributed by atoms with Crippen LogP contribution in [0.25, 0.3) is 0 Å². The van der Waals surface area contributed by atoms with Gasteiger partial charge >= 0.3 is 12.2 Å². The molecule has 14 heteroatoms. The summed E-state index contributed by atoms with van der Waals surface area (Å²) in [4.78, 5) is 63.9. The van der Waals surface area contributed by atoms with Crippen molar-refractivity contribution in [3.63, 3.8) is 0 Å². The van der Waals surface area contributed by atoms with Crippen LogP contribution in [0.1, 0.15) is 47.5 Å². The zero-order valence-corrected chi connectivity index (χ0v) is 20.9. The number of hydrogen-bond acceptors (Lipinski definition) is 9. The van der Waals surface area contributed by atoms with Gasteiger partial charge in [-0.25, -0.2) is 9.59 Å². The van der Waals surface area contributed by atoms with Gasteiger partial charge in [0.2, 0.25) is 11.8 Å². The van der Waals surface area contributed by atoms with Crippen LogP contribution in [0.4, 0.5) is 9.59 Å². The van der Waals surface area contributed by atoms with E-state index in [1.54, 1.807) is 13.8 Å². The average Bonchev–Trinajstić information content (AvgIpc) is 2.76. The molecule has 0 aromatic rings. The first-order valence-electron chi connectivity index (χ1n) is 11.2. The van der Waals surface area contributed by atoms with E-state index in [0.29, 0.717) is 12.7 Å². The van der Waals surface area contributed by atoms with Crippen molar-refractivity contribution in [2.45, 2.75) is 71.7 Å². The van der Waals surface area contributed by atoms with E-state index in [0.717, 1.165) is 0 Å². The van der Waals surface area contributed by atoms with Gasteiger partial charge in [0.1, 0.15) is 25.0 Å². The summed E-state index contributed by atoms with van der Waals surface area (Å²) in [6, 6.07) is -3.27. The first-order chi connectivity index (χ1) is 16.3. The summed E-state index contributed by atoms with van der Waals surface area (Å²) in [7, 11) is 0. The molecule has 0 radical (unpaired) electrons. The largest absolute Gasteiger partial charge is 0.508 e. The van der Waals surface area contributed by atoms with Gasteiger partial charge < -0.3 is 46.4 Å². The number of carbonyl (C=O) groups excluding carboxylic acids is 5. The maximum Gasteiger partial charge on any atom is 0.508 e. The highest BCUT2D eigenvalue weighted by molar-refractivity contribution is 5.92. The molecule has 0 unspecified atom stereocenters. The molecular formula is C21H38N6O8. The van der Waals surface area contributed by atoms with E-state index in [1.807, 2.05) is 13.8 Å². The number of rotatable bonds is 15. The lowest BCUT2D eigenvalue weighted by molar-refractivity contribution is -0.131. The van der Waals surface area contributed by atoms with Gasteiger partial charge in [-0.15, -0.1) is 0 Å². The lowest BCUT2D eigenvalue weighted by Crippen LogP contribution is -2.55. The van der Waals surface area contributed by atoms with Crippen LogP contribution in [0, 0.1) is 5.92 Å². The molecule has 35 heavy (non-hydrogen) atoms. The number of ether oxygens (including phenoxy) is 3. The van der Waals surface area contributed by atoms with Gasteiger partial charge in [0.25, 0.3) is 0 Å². The quantitative estimate of drug-likeness (QED) is 0.0638. The van der Waals surface area contributed by atoms with Crippen LogP contribution >= 0.6 is 0 Å². The van der Waals surface area contributed by atoms with E-state index in [2.05, 4.69) is 20.9 Å². The standard InChI is InChI=1S/C21H38N6O8/c1-12(2)10-33-20(31)27-16(11-34-21(32)35-13(3)4)18(30)25-14(5)17(29)26-15(9-28)7-6-8-24-19(22)23/h9,12-16H,6-8,10-11H2,1-5H3,(H,25,30)(H,26,29)(H,27,31)(H4,22,23,24)/t14-,15-,16+/m0/s1. The van der Waals surface area contributed by atoms with Crippen LogP contribution in [0.3, 0.4) is 0 Å². The normalized spacial score (nSPS) is 13.1. The molecule has 0 bridgehead atoms. The molecule has 0 spiro atoms. The highest BCUT2D eigenvalue weighted by Crippen LogP contribution is 2.00. The Labute approximate surface area is 204 Å². The highest BCUT2D eigenvalue weighted by atomic mass is 16.7. The third kappa shape index (κ3) is 15.8. The van der Waals surface area contributed by atoms with Crippen molar-refractivity contribution in [3.8, 4) is 0 Å². The van der Waals surface area contributed by atoms with E-state index >= 15 is 0 Å². The number of alkyl carbamates (subject to hydrolysis) is 1. The smallest absolute Gasteiger partial charge is 0.449 e. The summed E-state index contributed by atoms with van der Waals surface area (Å²) in [5.74, 6) is -1.48. The minimum atomic E-state index is -1.37. The number of guanidine groups is 1. The van der Waals surface area contributed by atoms with Gasteiger partial charge in [-0.2, -0.15) is 0 Å². The van der Waals surface area contributed by atoms with Crippen molar-refractivity contribution in [2.75, 3.05) is 19.8 Å². The minimum Gasteiger partial charge on any atom is -0.449 e. The number of nitrogens with zero attached hydrogens (tertiary/aromatic N) is 1. The van der Waals surface area contributed by atoms with Crippen molar-refractivity contribution in [1.29, 1.82) is 0 Å². The fourth-order valence-electron chi connectivity index (χ4n) is 2.37. The molecule has 7 N–H and O–H groups in total. The van der Waals surface area contributed by atoms with Crippen molar-refractivity contribution >= 4 is 36.3 Å². The Hall–Kier alpha value is -3.58. The van der Waals surface area contributed by atoms with E-state index < -0.39 is 54.9 Å². The summed E-state index contributed by atoms with van der Waals surface area (Å²) in [6.45, 7) is 8.09. The van der Waals surface area contributed by atoms with Crippen LogP contribution in [0.5, 0.6) is 0 Å². The summed E-state index contributed by atoms with van der Waals surface area (Å²) in [5, 5.41) is 7.19. The molecule has 0 saturated heterocycles. The number of amides is 3. The van der Waals surface area contributed by atoms with Crippen LogP contribution in [-0.2, 0) is 28.6 Å². The number of aldehydes is 1. The zero-order chi connectivity index (χ0) is 27.0. The second-order valence-corrected chi connectivity index (χ2v) is 8.35. The minimum absolute atomic E-state index is 0.0549. The molecule has 0 saturated carbocycles. The SMILES string of the molecule is CC(C)COC(=O)N[C@H](COC(=O)OC(C)C)C(=O)N[C@@H](C)C(=O)N[C@H](C=O)CCCN=C(N)N. The second kappa shape index (κ2) is 16.9. The monoisotopic (exact) mass is 502 g/mol. The third-order valence-electron chi connectivity index (χ3n) is 4.07. The zero-order valence-electron chi connectivity index (χ0n) is 20.9. The van der Waals surface area contributed by atoms with E-state index in [9.17, 15) is 24.0 Å². The number of nitrogens with one attached hydrogen (secondary N) is 3. The van der Waals surface area contributed by atoms with Crippen LogP contribution in [-0.4, -0.2) is 80.3 Å². The molecule has 0 aromatic heterocycles. The fraction of sp³-hybridized carbons (Fsp3) is 0.714. The molecule has 0 aliphatic rings. The number of hydrogen-bond donors (Lipinski definition) is 5. The number of aliphatic imine (C=N–C) groups is 1. The molecule has 0 heterocycles. The van der Waals surface area contributed by atoms with Crippen molar-refractivity contribution in [3.05, 3.63) is 0 Å². The van der Waals surface area contributed by atoms with Gasteiger partial charge in [0, 0.05) is 6.54 Å². The molecule has 14 nitrogen and oxygen atoms in total. The van der Waals surface area contributed by atoms with E-state index in [4.69, 9.17) is 25.7 Å². The fourth-order valence-corrected chi connectivity index (χ4v) is 2.37. The molecular weight excluding hydrogens is 464 g/mol.